The smallest absolute Gasteiger partial charge is 0.240 e. The molecule has 0 aliphatic carbocycles. The fourth-order valence-electron chi connectivity index (χ4n) is 0.679. The summed E-state index contributed by atoms with van der Waals surface area (Å²) in [5.74, 6) is 5.20. The largest absolute Gasteiger partial charge is 0.378 e. The maximum atomic E-state index is 9.41. The zero-order valence-electron chi connectivity index (χ0n) is 9.51. The SMILES string of the molecule is CC(C)(O)C#CC(C)(C)O[C@H](O)C(Cl)(Cl)Cl. The Morgan fingerprint density at radius 1 is 1.06 bits per heavy atom. The summed E-state index contributed by atoms with van der Waals surface area (Å²) in [6.07, 6.45) is -1.59. The van der Waals surface area contributed by atoms with Crippen LogP contribution in [0.2, 0.25) is 0 Å². The first kappa shape index (κ1) is 16.3. The fourth-order valence-corrected chi connectivity index (χ4v) is 0.812. The van der Waals surface area contributed by atoms with E-state index in [1.807, 2.05) is 0 Å². The van der Waals surface area contributed by atoms with E-state index < -0.39 is 21.3 Å². The highest BCUT2D eigenvalue weighted by Gasteiger charge is 2.36. The van der Waals surface area contributed by atoms with Crippen molar-refractivity contribution in [2.75, 3.05) is 0 Å². The van der Waals surface area contributed by atoms with Crippen molar-refractivity contribution in [3.8, 4) is 11.8 Å². The number of aliphatic hydroxyl groups is 2. The predicted octanol–water partition coefficient (Wildman–Crippen LogP) is 2.24. The maximum absolute atomic E-state index is 9.41. The van der Waals surface area contributed by atoms with Crippen LogP contribution in [0.4, 0.5) is 0 Å². The van der Waals surface area contributed by atoms with Crippen LogP contribution in [0.15, 0.2) is 0 Å². The van der Waals surface area contributed by atoms with Gasteiger partial charge in [-0.2, -0.15) is 0 Å². The monoisotopic (exact) mass is 288 g/mol. The number of rotatable bonds is 2. The summed E-state index contributed by atoms with van der Waals surface area (Å²) in [6, 6.07) is 0. The third-order valence-electron chi connectivity index (χ3n) is 1.36. The molecule has 0 aliphatic heterocycles. The maximum Gasteiger partial charge on any atom is 0.240 e. The van der Waals surface area contributed by atoms with Crippen molar-refractivity contribution in [3.63, 3.8) is 0 Å². The molecule has 1 atom stereocenters. The zero-order chi connectivity index (χ0) is 13.2. The molecule has 6 heteroatoms. The van der Waals surface area contributed by atoms with Crippen LogP contribution in [0.3, 0.4) is 0 Å². The molecule has 94 valence electrons. The molecule has 2 N–H and O–H groups in total. The van der Waals surface area contributed by atoms with Gasteiger partial charge in [-0.3, -0.25) is 0 Å². The molecule has 0 amide bonds. The summed E-state index contributed by atoms with van der Waals surface area (Å²) in [7, 11) is 0. The van der Waals surface area contributed by atoms with Gasteiger partial charge in [-0.25, -0.2) is 0 Å². The van der Waals surface area contributed by atoms with Crippen LogP contribution in [0.5, 0.6) is 0 Å². The van der Waals surface area contributed by atoms with E-state index in [4.69, 9.17) is 39.5 Å². The van der Waals surface area contributed by atoms with Gasteiger partial charge in [0.2, 0.25) is 10.1 Å². The predicted molar refractivity (Wildman–Crippen MR) is 65.5 cm³/mol. The molecular weight excluding hydrogens is 274 g/mol. The fraction of sp³-hybridized carbons (Fsp3) is 0.800. The Hall–Kier alpha value is 0.310. The molecule has 0 aromatic heterocycles. The van der Waals surface area contributed by atoms with Crippen molar-refractivity contribution in [1.82, 2.24) is 0 Å². The lowest BCUT2D eigenvalue weighted by Gasteiger charge is -2.27. The quantitative estimate of drug-likeness (QED) is 0.466. The second-order valence-electron chi connectivity index (χ2n) is 4.33. The van der Waals surface area contributed by atoms with Gasteiger partial charge in [0.1, 0.15) is 11.2 Å². The molecule has 0 fully saturated rings. The summed E-state index contributed by atoms with van der Waals surface area (Å²) in [5.41, 5.74) is -2.19. The van der Waals surface area contributed by atoms with Crippen LogP contribution < -0.4 is 0 Å². The lowest BCUT2D eigenvalue weighted by Crippen LogP contribution is -2.37. The van der Waals surface area contributed by atoms with Crippen molar-refractivity contribution in [2.24, 2.45) is 0 Å². The number of aliphatic hydroxyl groups excluding tert-OH is 1. The van der Waals surface area contributed by atoms with Crippen molar-refractivity contribution in [1.29, 1.82) is 0 Å². The molecule has 0 saturated heterocycles. The van der Waals surface area contributed by atoms with Crippen molar-refractivity contribution < 1.29 is 14.9 Å². The van der Waals surface area contributed by atoms with E-state index in [0.29, 0.717) is 0 Å². The average Bonchev–Trinajstić information content (AvgIpc) is 1.97. The van der Waals surface area contributed by atoms with E-state index in [0.717, 1.165) is 0 Å². The van der Waals surface area contributed by atoms with Crippen LogP contribution in [-0.4, -0.2) is 31.5 Å². The minimum Gasteiger partial charge on any atom is -0.378 e. The highest BCUT2D eigenvalue weighted by molar-refractivity contribution is 6.67. The van der Waals surface area contributed by atoms with Crippen molar-refractivity contribution in [3.05, 3.63) is 0 Å². The minimum absolute atomic E-state index is 1.04. The average molecular weight is 290 g/mol. The third kappa shape index (κ3) is 7.56. The van der Waals surface area contributed by atoms with Gasteiger partial charge in [-0.1, -0.05) is 46.6 Å². The minimum atomic E-state index is -1.94. The molecule has 0 aliphatic rings. The molecule has 16 heavy (non-hydrogen) atoms. The van der Waals surface area contributed by atoms with Crippen LogP contribution in [0.1, 0.15) is 27.7 Å². The molecule has 0 aromatic rings. The van der Waals surface area contributed by atoms with Gasteiger partial charge in [0, 0.05) is 0 Å². The van der Waals surface area contributed by atoms with Gasteiger partial charge < -0.3 is 14.9 Å². The van der Waals surface area contributed by atoms with E-state index in [2.05, 4.69) is 11.8 Å². The van der Waals surface area contributed by atoms with Crippen LogP contribution in [-0.2, 0) is 4.74 Å². The second kappa shape index (κ2) is 5.30. The van der Waals surface area contributed by atoms with E-state index in [1.165, 1.54) is 13.8 Å². The van der Waals surface area contributed by atoms with E-state index in [-0.39, 0.29) is 0 Å². The Balaban J connectivity index is 4.63. The molecule has 0 unspecified atom stereocenters. The molecule has 0 radical (unpaired) electrons. The topological polar surface area (TPSA) is 49.7 Å². The van der Waals surface area contributed by atoms with Gasteiger partial charge in [-0.15, -0.1) is 0 Å². The molecule has 3 nitrogen and oxygen atoms in total. The molecular formula is C10H15Cl3O3. The lowest BCUT2D eigenvalue weighted by atomic mass is 10.1. The van der Waals surface area contributed by atoms with Gasteiger partial charge in [0.15, 0.2) is 0 Å². The molecule has 0 aromatic carbocycles. The standard InChI is InChI=1S/C10H15Cl3O3/c1-8(2,15)5-6-9(3,4)16-7(14)10(11,12)13/h7,14-15H,1-4H3/t7-/m0/s1. The Morgan fingerprint density at radius 3 is 1.81 bits per heavy atom. The zero-order valence-corrected chi connectivity index (χ0v) is 11.8. The molecule has 0 heterocycles. The van der Waals surface area contributed by atoms with Gasteiger partial charge in [0.05, 0.1) is 0 Å². The molecule has 0 spiro atoms. The molecule has 0 saturated carbocycles. The first-order chi connectivity index (χ1) is 6.83. The number of ether oxygens (including phenoxy) is 1. The Bertz CT molecular complexity index is 291. The van der Waals surface area contributed by atoms with Crippen LogP contribution in [0, 0.1) is 11.8 Å². The van der Waals surface area contributed by atoms with Gasteiger partial charge in [0.25, 0.3) is 0 Å². The lowest BCUT2D eigenvalue weighted by molar-refractivity contribution is -0.147. The first-order valence-corrected chi connectivity index (χ1v) is 5.66. The normalized spacial score (nSPS) is 15.3. The van der Waals surface area contributed by atoms with Crippen molar-refractivity contribution >= 4 is 34.8 Å². The second-order valence-corrected chi connectivity index (χ2v) is 6.70. The molecule has 0 bridgehead atoms. The van der Waals surface area contributed by atoms with Crippen molar-refractivity contribution in [2.45, 2.75) is 49.0 Å². The summed E-state index contributed by atoms with van der Waals surface area (Å²) in [6.45, 7) is 6.24. The van der Waals surface area contributed by atoms with Gasteiger partial charge >= 0.3 is 0 Å². The third-order valence-corrected chi connectivity index (χ3v) is 1.92. The summed E-state index contributed by atoms with van der Waals surface area (Å²) in [5, 5.41) is 18.8. The summed E-state index contributed by atoms with van der Waals surface area (Å²) in [4.78, 5) is 0. The van der Waals surface area contributed by atoms with E-state index in [9.17, 15) is 10.2 Å². The highest BCUT2D eigenvalue weighted by atomic mass is 35.6. The Kier molecular flexibility index (Phi) is 5.41. The Labute approximate surface area is 111 Å². The van der Waals surface area contributed by atoms with Gasteiger partial charge in [-0.05, 0) is 27.7 Å². The number of halogens is 3. The van der Waals surface area contributed by atoms with Crippen LogP contribution >= 0.6 is 34.8 Å². The summed E-state index contributed by atoms with van der Waals surface area (Å²) < 4.78 is 3.14. The first-order valence-electron chi connectivity index (χ1n) is 4.53. The Morgan fingerprint density at radius 2 is 1.50 bits per heavy atom. The van der Waals surface area contributed by atoms with E-state index in [1.54, 1.807) is 13.8 Å². The number of hydrogen-bond donors (Lipinski definition) is 2. The van der Waals surface area contributed by atoms with E-state index >= 15 is 0 Å². The molecule has 0 rings (SSSR count). The van der Waals surface area contributed by atoms with Crippen LogP contribution in [0.25, 0.3) is 0 Å². The summed E-state index contributed by atoms with van der Waals surface area (Å²) >= 11 is 16.3. The number of alkyl halides is 3. The number of hydrogen-bond acceptors (Lipinski definition) is 3. The highest BCUT2D eigenvalue weighted by Crippen LogP contribution is 2.32.